The molecule has 0 bridgehead atoms. The maximum Gasteiger partial charge on any atom is 0.433 e. The number of halogens is 3. The third kappa shape index (κ3) is 4.18. The molecule has 6 nitrogen and oxygen atoms in total. The van der Waals surface area contributed by atoms with E-state index in [0.29, 0.717) is 22.6 Å². The number of benzene rings is 1. The van der Waals surface area contributed by atoms with Crippen LogP contribution in [0.3, 0.4) is 0 Å². The number of hydrogen-bond donors (Lipinski definition) is 2. The molecule has 3 rings (SSSR count). The first-order valence-electron chi connectivity index (χ1n) is 8.52. The molecule has 0 aliphatic heterocycles. The molecule has 1 aromatic carbocycles. The maximum absolute atomic E-state index is 13.3. The Kier molecular flexibility index (Phi) is 5.49. The van der Waals surface area contributed by atoms with Crippen LogP contribution in [0.2, 0.25) is 0 Å². The van der Waals surface area contributed by atoms with Crippen LogP contribution < -0.4 is 20.9 Å². The van der Waals surface area contributed by atoms with E-state index in [2.05, 4.69) is 9.97 Å². The van der Waals surface area contributed by atoms with Gasteiger partial charge < -0.3 is 20.9 Å². The minimum Gasteiger partial charge on any atom is -0.493 e. The Hall–Kier alpha value is -3.49. The first-order chi connectivity index (χ1) is 13.7. The van der Waals surface area contributed by atoms with Crippen molar-refractivity contribution in [3.8, 4) is 22.6 Å². The Morgan fingerprint density at radius 3 is 2.31 bits per heavy atom. The highest BCUT2D eigenvalue weighted by Crippen LogP contribution is 2.38. The SMILES string of the molecule is COc1ccc(Cc2c(-c3ccncc3N)cc(C(F)(F)F)nc2N)cc1OC. The highest BCUT2D eigenvalue weighted by molar-refractivity contribution is 5.80. The molecule has 9 heteroatoms. The zero-order valence-electron chi connectivity index (χ0n) is 15.7. The quantitative estimate of drug-likeness (QED) is 0.669. The predicted molar refractivity (Wildman–Crippen MR) is 104 cm³/mol. The van der Waals surface area contributed by atoms with Gasteiger partial charge in [0.25, 0.3) is 0 Å². The van der Waals surface area contributed by atoms with Crippen LogP contribution in [0.4, 0.5) is 24.7 Å². The van der Waals surface area contributed by atoms with Gasteiger partial charge in [0.05, 0.1) is 26.1 Å². The predicted octanol–water partition coefficient (Wildman–Crippen LogP) is 3.93. The second kappa shape index (κ2) is 7.86. The van der Waals surface area contributed by atoms with Crippen LogP contribution in [0.15, 0.2) is 42.7 Å². The van der Waals surface area contributed by atoms with Gasteiger partial charge in [0, 0.05) is 23.7 Å². The van der Waals surface area contributed by atoms with Gasteiger partial charge in [-0.2, -0.15) is 13.2 Å². The number of hydrogen-bond acceptors (Lipinski definition) is 6. The van der Waals surface area contributed by atoms with Crippen LogP contribution in [-0.2, 0) is 12.6 Å². The molecule has 0 saturated carbocycles. The lowest BCUT2D eigenvalue weighted by atomic mass is 9.94. The summed E-state index contributed by atoms with van der Waals surface area (Å²) in [7, 11) is 3.01. The summed E-state index contributed by atoms with van der Waals surface area (Å²) in [6.07, 6.45) is -1.60. The van der Waals surface area contributed by atoms with Crippen molar-refractivity contribution in [2.45, 2.75) is 12.6 Å². The van der Waals surface area contributed by atoms with E-state index < -0.39 is 11.9 Å². The molecule has 152 valence electrons. The van der Waals surface area contributed by atoms with Gasteiger partial charge in [-0.3, -0.25) is 4.98 Å². The van der Waals surface area contributed by atoms with E-state index in [4.69, 9.17) is 20.9 Å². The van der Waals surface area contributed by atoms with Crippen molar-refractivity contribution in [1.82, 2.24) is 9.97 Å². The van der Waals surface area contributed by atoms with Gasteiger partial charge in [0.15, 0.2) is 11.5 Å². The Bertz CT molecular complexity index is 1040. The Labute approximate surface area is 165 Å². The number of pyridine rings is 2. The minimum atomic E-state index is -4.65. The molecule has 2 aromatic heterocycles. The van der Waals surface area contributed by atoms with Crippen molar-refractivity contribution in [2.24, 2.45) is 0 Å². The summed E-state index contributed by atoms with van der Waals surface area (Å²) >= 11 is 0. The van der Waals surface area contributed by atoms with E-state index in [9.17, 15) is 13.2 Å². The van der Waals surface area contributed by atoms with Gasteiger partial charge in [0.1, 0.15) is 11.5 Å². The van der Waals surface area contributed by atoms with Crippen molar-refractivity contribution in [3.05, 3.63) is 59.5 Å². The molecule has 29 heavy (non-hydrogen) atoms. The molecule has 0 atom stereocenters. The zero-order valence-corrected chi connectivity index (χ0v) is 15.7. The van der Waals surface area contributed by atoms with Crippen molar-refractivity contribution >= 4 is 11.5 Å². The molecule has 0 spiro atoms. The van der Waals surface area contributed by atoms with Gasteiger partial charge in [-0.15, -0.1) is 0 Å². The van der Waals surface area contributed by atoms with E-state index in [0.717, 1.165) is 11.6 Å². The highest BCUT2D eigenvalue weighted by Gasteiger charge is 2.34. The van der Waals surface area contributed by atoms with Crippen LogP contribution in [0, 0.1) is 0 Å². The molecule has 3 aromatic rings. The fourth-order valence-electron chi connectivity index (χ4n) is 3.01. The zero-order chi connectivity index (χ0) is 21.2. The summed E-state index contributed by atoms with van der Waals surface area (Å²) in [5.41, 5.74) is 12.9. The minimum absolute atomic E-state index is 0.217. The van der Waals surface area contributed by atoms with Crippen molar-refractivity contribution in [1.29, 1.82) is 0 Å². The second-order valence-corrected chi connectivity index (χ2v) is 6.25. The summed E-state index contributed by atoms with van der Waals surface area (Å²) in [6, 6.07) is 7.72. The van der Waals surface area contributed by atoms with Crippen LogP contribution in [0.5, 0.6) is 11.5 Å². The number of nitrogen functional groups attached to an aromatic ring is 2. The van der Waals surface area contributed by atoms with Crippen LogP contribution in [-0.4, -0.2) is 24.2 Å². The van der Waals surface area contributed by atoms with Gasteiger partial charge in [-0.25, -0.2) is 4.98 Å². The normalized spacial score (nSPS) is 11.3. The molecule has 4 N–H and O–H groups in total. The number of rotatable bonds is 5. The molecule has 0 radical (unpaired) electrons. The number of ether oxygens (including phenoxy) is 2. The summed E-state index contributed by atoms with van der Waals surface area (Å²) in [4.78, 5) is 7.47. The molecule has 0 amide bonds. The average molecular weight is 404 g/mol. The third-order valence-electron chi connectivity index (χ3n) is 4.42. The van der Waals surface area contributed by atoms with Crippen LogP contribution in [0.1, 0.15) is 16.8 Å². The first-order valence-corrected chi connectivity index (χ1v) is 8.52. The number of alkyl halides is 3. The summed E-state index contributed by atoms with van der Waals surface area (Å²) < 4.78 is 50.4. The second-order valence-electron chi connectivity index (χ2n) is 6.25. The number of methoxy groups -OCH3 is 2. The van der Waals surface area contributed by atoms with E-state index in [1.54, 1.807) is 24.3 Å². The summed E-state index contributed by atoms with van der Waals surface area (Å²) in [6.45, 7) is 0. The molecule has 0 saturated heterocycles. The van der Waals surface area contributed by atoms with E-state index >= 15 is 0 Å². The van der Waals surface area contributed by atoms with E-state index in [1.807, 2.05) is 0 Å². The van der Waals surface area contributed by atoms with Crippen molar-refractivity contribution < 1.29 is 22.6 Å². The smallest absolute Gasteiger partial charge is 0.433 e. The van der Waals surface area contributed by atoms with E-state index in [1.165, 1.54) is 26.6 Å². The standard InChI is InChI=1S/C20H19F3N4O2/c1-28-16-4-3-11(8-17(16)29-2)7-14-13(12-5-6-26-10-15(12)24)9-18(20(21,22)23)27-19(14)25/h3-6,8-10H,7,24H2,1-2H3,(H2,25,27). The number of anilines is 2. The van der Waals surface area contributed by atoms with Crippen LogP contribution in [0.25, 0.3) is 11.1 Å². The fraction of sp³-hybridized carbons (Fsp3) is 0.200. The molecule has 0 unspecified atom stereocenters. The van der Waals surface area contributed by atoms with Gasteiger partial charge in [0.2, 0.25) is 0 Å². The summed E-state index contributed by atoms with van der Waals surface area (Å²) in [5.74, 6) is 0.808. The lowest BCUT2D eigenvalue weighted by Gasteiger charge is -2.17. The Morgan fingerprint density at radius 1 is 0.966 bits per heavy atom. The van der Waals surface area contributed by atoms with Crippen molar-refractivity contribution in [3.63, 3.8) is 0 Å². The van der Waals surface area contributed by atoms with Crippen LogP contribution >= 0.6 is 0 Å². The lowest BCUT2D eigenvalue weighted by Crippen LogP contribution is -2.13. The highest BCUT2D eigenvalue weighted by atomic mass is 19.4. The molecule has 2 heterocycles. The molecule has 0 aliphatic carbocycles. The monoisotopic (exact) mass is 404 g/mol. The van der Waals surface area contributed by atoms with Crippen molar-refractivity contribution in [2.75, 3.05) is 25.7 Å². The number of nitrogens with two attached hydrogens (primary N) is 2. The molecular formula is C20H19F3N4O2. The Balaban J connectivity index is 2.17. The molecular weight excluding hydrogens is 385 g/mol. The lowest BCUT2D eigenvalue weighted by molar-refractivity contribution is -0.141. The number of aromatic nitrogens is 2. The van der Waals surface area contributed by atoms with Gasteiger partial charge in [-0.1, -0.05) is 6.07 Å². The van der Waals surface area contributed by atoms with Gasteiger partial charge in [-0.05, 0) is 35.4 Å². The first kappa shape index (κ1) is 20.2. The third-order valence-corrected chi connectivity index (χ3v) is 4.42. The fourth-order valence-corrected chi connectivity index (χ4v) is 3.01. The number of nitrogens with zero attached hydrogens (tertiary/aromatic N) is 2. The topological polar surface area (TPSA) is 96.3 Å². The Morgan fingerprint density at radius 2 is 1.69 bits per heavy atom. The largest absolute Gasteiger partial charge is 0.493 e. The maximum atomic E-state index is 13.3. The average Bonchev–Trinajstić information content (AvgIpc) is 2.69. The summed E-state index contributed by atoms with van der Waals surface area (Å²) in [5, 5.41) is 0. The van der Waals surface area contributed by atoms with Gasteiger partial charge >= 0.3 is 6.18 Å². The molecule has 0 fully saturated rings. The molecule has 0 aliphatic rings. The van der Waals surface area contributed by atoms with E-state index in [-0.39, 0.29) is 23.5 Å².